The molecule has 0 spiro atoms. The summed E-state index contributed by atoms with van der Waals surface area (Å²) < 4.78 is 19.2. The number of benzene rings is 2. The van der Waals surface area contributed by atoms with Gasteiger partial charge in [-0.25, -0.2) is 4.39 Å². The Hall–Kier alpha value is -2.80. The topological polar surface area (TPSA) is 63.7 Å². The Morgan fingerprint density at radius 1 is 1.08 bits per heavy atom. The number of ketones is 1. The maximum atomic E-state index is 13.8. The second-order valence-electron chi connectivity index (χ2n) is 6.14. The second kappa shape index (κ2) is 7.21. The van der Waals surface area contributed by atoms with Crippen LogP contribution in [-0.4, -0.2) is 38.1 Å². The molecule has 0 N–H and O–H groups in total. The molecular formula is C19H17FNO4Si. The van der Waals surface area contributed by atoms with Gasteiger partial charge in [-0.15, -0.1) is 0 Å². The summed E-state index contributed by atoms with van der Waals surface area (Å²) in [5.74, 6) is -1.55. The molecule has 0 saturated heterocycles. The smallest absolute Gasteiger partial charge is 0.274 e. The molecule has 5 nitrogen and oxygen atoms in total. The molecule has 0 fully saturated rings. The predicted molar refractivity (Wildman–Crippen MR) is 95.3 cm³/mol. The molecule has 3 rings (SSSR count). The molecule has 7 heteroatoms. The molecule has 133 valence electrons. The van der Waals surface area contributed by atoms with E-state index < -0.39 is 26.7 Å². The number of imide groups is 1. The summed E-state index contributed by atoms with van der Waals surface area (Å²) in [4.78, 5) is 38.1. The third kappa shape index (κ3) is 3.43. The number of halogens is 1. The molecule has 0 aromatic heterocycles. The molecular weight excluding hydrogens is 353 g/mol. The van der Waals surface area contributed by atoms with Gasteiger partial charge in [-0.05, 0) is 43.4 Å². The molecule has 2 aromatic carbocycles. The standard InChI is InChI=1S/C19H17FNO4Si/c1-26(2)25-17-11-12(7-8-15(17)20)16(22)9-10-21-18(23)13-5-3-4-6-14(13)19(21)24/h3-8,11H,9-10H2,1-2H3. The van der Waals surface area contributed by atoms with Crippen molar-refractivity contribution in [1.82, 2.24) is 4.90 Å². The highest BCUT2D eigenvalue weighted by Crippen LogP contribution is 2.24. The van der Waals surface area contributed by atoms with E-state index in [9.17, 15) is 18.8 Å². The van der Waals surface area contributed by atoms with Gasteiger partial charge in [0.05, 0.1) is 11.1 Å². The monoisotopic (exact) mass is 370 g/mol. The number of hydrogen-bond donors (Lipinski definition) is 0. The lowest BCUT2D eigenvalue weighted by Crippen LogP contribution is -2.31. The molecule has 0 unspecified atom stereocenters. The highest BCUT2D eigenvalue weighted by atomic mass is 28.3. The van der Waals surface area contributed by atoms with E-state index in [1.54, 1.807) is 24.3 Å². The van der Waals surface area contributed by atoms with E-state index in [4.69, 9.17) is 4.43 Å². The van der Waals surface area contributed by atoms with Crippen LogP contribution in [0.3, 0.4) is 0 Å². The fourth-order valence-corrected chi connectivity index (χ4v) is 3.37. The van der Waals surface area contributed by atoms with Gasteiger partial charge in [-0.2, -0.15) is 0 Å². The Morgan fingerprint density at radius 3 is 2.27 bits per heavy atom. The molecule has 2 amide bonds. The van der Waals surface area contributed by atoms with Crippen LogP contribution in [0.4, 0.5) is 4.39 Å². The average Bonchev–Trinajstić information content (AvgIpc) is 2.86. The van der Waals surface area contributed by atoms with Gasteiger partial charge >= 0.3 is 0 Å². The molecule has 1 aliphatic heterocycles. The molecule has 2 aromatic rings. The van der Waals surface area contributed by atoms with E-state index in [0.717, 1.165) is 4.90 Å². The summed E-state index contributed by atoms with van der Waals surface area (Å²) in [6, 6.07) is 10.5. The maximum absolute atomic E-state index is 13.8. The summed E-state index contributed by atoms with van der Waals surface area (Å²) in [6.07, 6.45) is -0.0351. The SMILES string of the molecule is C[Si](C)Oc1cc(C(=O)CCN2C(=O)c3ccccc3C2=O)ccc1F. The zero-order chi connectivity index (χ0) is 18.8. The summed E-state index contributed by atoms with van der Waals surface area (Å²) in [6.45, 7) is 3.71. The highest BCUT2D eigenvalue weighted by molar-refractivity contribution is 6.49. The first-order valence-electron chi connectivity index (χ1n) is 8.14. The number of amides is 2. The number of carbonyl (C=O) groups is 3. The minimum absolute atomic E-state index is 0.0185. The molecule has 0 atom stereocenters. The summed E-state index contributed by atoms with van der Waals surface area (Å²) in [5.41, 5.74) is 0.993. The quantitative estimate of drug-likeness (QED) is 0.445. The van der Waals surface area contributed by atoms with Gasteiger partial charge < -0.3 is 4.43 Å². The van der Waals surface area contributed by atoms with Gasteiger partial charge in [-0.3, -0.25) is 19.3 Å². The Labute approximate surface area is 152 Å². The Balaban J connectivity index is 1.70. The van der Waals surface area contributed by atoms with E-state index in [1.165, 1.54) is 18.2 Å². The van der Waals surface area contributed by atoms with Crippen LogP contribution in [0.1, 0.15) is 37.5 Å². The molecule has 1 heterocycles. The van der Waals surface area contributed by atoms with Crippen molar-refractivity contribution in [2.24, 2.45) is 0 Å². The fraction of sp³-hybridized carbons (Fsp3) is 0.211. The first-order chi connectivity index (χ1) is 12.4. The van der Waals surface area contributed by atoms with Crippen LogP contribution >= 0.6 is 0 Å². The minimum atomic E-state index is -1.17. The summed E-state index contributed by atoms with van der Waals surface area (Å²) >= 11 is 0. The number of nitrogens with zero attached hydrogens (tertiary/aromatic N) is 1. The van der Waals surface area contributed by atoms with Gasteiger partial charge in [0, 0.05) is 18.5 Å². The zero-order valence-electron chi connectivity index (χ0n) is 14.4. The third-order valence-corrected chi connectivity index (χ3v) is 4.64. The van der Waals surface area contributed by atoms with Crippen molar-refractivity contribution in [2.45, 2.75) is 19.5 Å². The van der Waals surface area contributed by atoms with Crippen LogP contribution in [0.25, 0.3) is 0 Å². The van der Waals surface area contributed by atoms with E-state index >= 15 is 0 Å². The van der Waals surface area contributed by atoms with Crippen molar-refractivity contribution >= 4 is 26.6 Å². The predicted octanol–water partition coefficient (Wildman–Crippen LogP) is 3.32. The van der Waals surface area contributed by atoms with Gasteiger partial charge in [0.1, 0.15) is 5.75 Å². The Morgan fingerprint density at radius 2 is 1.69 bits per heavy atom. The summed E-state index contributed by atoms with van der Waals surface area (Å²) in [5, 5.41) is 0. The minimum Gasteiger partial charge on any atom is -0.541 e. The number of fused-ring (bicyclic) bond motifs is 1. The van der Waals surface area contributed by atoms with Crippen molar-refractivity contribution in [2.75, 3.05) is 6.54 Å². The van der Waals surface area contributed by atoms with E-state index in [0.29, 0.717) is 16.7 Å². The Kier molecular flexibility index (Phi) is 4.99. The lowest BCUT2D eigenvalue weighted by molar-refractivity contribution is 0.0649. The normalized spacial score (nSPS) is 13.3. The lowest BCUT2D eigenvalue weighted by atomic mass is 10.1. The van der Waals surface area contributed by atoms with Crippen LogP contribution < -0.4 is 4.43 Å². The van der Waals surface area contributed by atoms with Crippen LogP contribution in [0.2, 0.25) is 13.1 Å². The van der Waals surface area contributed by atoms with Crippen molar-refractivity contribution in [3.05, 3.63) is 65.0 Å². The largest absolute Gasteiger partial charge is 0.541 e. The van der Waals surface area contributed by atoms with E-state index in [1.807, 2.05) is 13.1 Å². The van der Waals surface area contributed by atoms with E-state index in [2.05, 4.69) is 0 Å². The molecule has 0 bridgehead atoms. The third-order valence-electron chi connectivity index (χ3n) is 4.01. The van der Waals surface area contributed by atoms with Gasteiger partial charge in [0.25, 0.3) is 20.9 Å². The number of Topliss-reactive ketones (excluding diaryl/α,β-unsaturated/α-hetero) is 1. The summed E-state index contributed by atoms with van der Waals surface area (Å²) in [7, 11) is -1.17. The van der Waals surface area contributed by atoms with Gasteiger partial charge in [0.15, 0.2) is 11.6 Å². The number of rotatable bonds is 6. The van der Waals surface area contributed by atoms with Crippen LogP contribution in [0.15, 0.2) is 42.5 Å². The van der Waals surface area contributed by atoms with E-state index in [-0.39, 0.29) is 24.5 Å². The maximum Gasteiger partial charge on any atom is 0.274 e. The molecule has 0 saturated carbocycles. The fourth-order valence-electron chi connectivity index (χ4n) is 2.77. The molecule has 0 aliphatic carbocycles. The number of hydrogen-bond acceptors (Lipinski definition) is 4. The molecule has 26 heavy (non-hydrogen) atoms. The molecule has 1 aliphatic rings. The van der Waals surface area contributed by atoms with Crippen molar-refractivity contribution in [1.29, 1.82) is 0 Å². The first kappa shape index (κ1) is 18.0. The van der Waals surface area contributed by atoms with Crippen molar-refractivity contribution in [3.63, 3.8) is 0 Å². The average molecular weight is 370 g/mol. The van der Waals surface area contributed by atoms with Crippen LogP contribution in [-0.2, 0) is 0 Å². The van der Waals surface area contributed by atoms with Crippen molar-refractivity contribution < 1.29 is 23.2 Å². The lowest BCUT2D eigenvalue weighted by Gasteiger charge is -2.14. The van der Waals surface area contributed by atoms with Gasteiger partial charge in [0.2, 0.25) is 0 Å². The van der Waals surface area contributed by atoms with Crippen LogP contribution in [0, 0.1) is 5.82 Å². The second-order valence-corrected chi connectivity index (χ2v) is 8.16. The zero-order valence-corrected chi connectivity index (χ0v) is 15.4. The van der Waals surface area contributed by atoms with Crippen LogP contribution in [0.5, 0.6) is 5.75 Å². The Bertz CT molecular complexity index is 862. The number of carbonyl (C=O) groups excluding carboxylic acids is 3. The highest BCUT2D eigenvalue weighted by Gasteiger charge is 2.35. The first-order valence-corrected chi connectivity index (χ1v) is 10.6. The van der Waals surface area contributed by atoms with Crippen molar-refractivity contribution in [3.8, 4) is 5.75 Å². The molecule has 1 radical (unpaired) electrons. The van der Waals surface area contributed by atoms with Gasteiger partial charge in [-0.1, -0.05) is 12.1 Å².